The molecule has 0 aromatic heterocycles. The first-order valence-electron chi connectivity index (χ1n) is 7.65. The first kappa shape index (κ1) is 16.0. The second-order valence-electron chi connectivity index (χ2n) is 5.68. The average Bonchev–Trinajstić information content (AvgIpc) is 2.57. The van der Waals surface area contributed by atoms with Gasteiger partial charge in [-0.1, -0.05) is 23.7 Å². The quantitative estimate of drug-likeness (QED) is 0.903. The molecule has 2 aromatic carbocycles. The summed E-state index contributed by atoms with van der Waals surface area (Å²) in [4.78, 5) is 12.3. The standard InChI is InChI=1S/C18H19ClN2O2/c1-12-10-20-11-17(23-12)13-2-4-14(5-3-13)18(22)21-16-8-6-15(19)7-9-16/h2-9,12,17,20H,10-11H2,1H3,(H,21,22)/t12-,17-/m1/s1. The van der Waals surface area contributed by atoms with Gasteiger partial charge in [-0.2, -0.15) is 0 Å². The number of hydrogen-bond donors (Lipinski definition) is 2. The van der Waals surface area contributed by atoms with Gasteiger partial charge in [0.2, 0.25) is 0 Å². The summed E-state index contributed by atoms with van der Waals surface area (Å²) in [5, 5.41) is 6.83. The van der Waals surface area contributed by atoms with Gasteiger partial charge in [0.1, 0.15) is 0 Å². The Morgan fingerprint density at radius 2 is 1.83 bits per heavy atom. The molecule has 2 N–H and O–H groups in total. The molecule has 1 fully saturated rings. The van der Waals surface area contributed by atoms with E-state index in [1.807, 2.05) is 31.2 Å². The van der Waals surface area contributed by atoms with E-state index < -0.39 is 0 Å². The van der Waals surface area contributed by atoms with Crippen LogP contribution in [0, 0.1) is 0 Å². The van der Waals surface area contributed by atoms with Crippen LogP contribution in [0.25, 0.3) is 0 Å². The van der Waals surface area contributed by atoms with Crippen molar-refractivity contribution in [2.24, 2.45) is 0 Å². The van der Waals surface area contributed by atoms with Crippen molar-refractivity contribution >= 4 is 23.2 Å². The maximum Gasteiger partial charge on any atom is 0.255 e. The second kappa shape index (κ2) is 7.13. The lowest BCUT2D eigenvalue weighted by Gasteiger charge is -2.29. The fourth-order valence-electron chi connectivity index (χ4n) is 2.58. The van der Waals surface area contributed by atoms with Crippen LogP contribution < -0.4 is 10.6 Å². The largest absolute Gasteiger partial charge is 0.368 e. The van der Waals surface area contributed by atoms with Crippen molar-refractivity contribution in [2.75, 3.05) is 18.4 Å². The number of ether oxygens (including phenoxy) is 1. The number of anilines is 1. The molecule has 2 aromatic rings. The number of halogens is 1. The first-order valence-corrected chi connectivity index (χ1v) is 8.02. The fraction of sp³-hybridized carbons (Fsp3) is 0.278. The van der Waals surface area contributed by atoms with Gasteiger partial charge in [0.05, 0.1) is 12.2 Å². The van der Waals surface area contributed by atoms with Crippen molar-refractivity contribution in [2.45, 2.75) is 19.1 Å². The van der Waals surface area contributed by atoms with Crippen LogP contribution >= 0.6 is 11.6 Å². The van der Waals surface area contributed by atoms with Crippen LogP contribution in [0.15, 0.2) is 48.5 Å². The summed E-state index contributed by atoms with van der Waals surface area (Å²) in [6.07, 6.45) is 0.230. The van der Waals surface area contributed by atoms with Gasteiger partial charge in [-0.15, -0.1) is 0 Å². The van der Waals surface area contributed by atoms with Gasteiger partial charge in [-0.05, 0) is 48.9 Å². The van der Waals surface area contributed by atoms with E-state index in [1.165, 1.54) is 0 Å². The number of nitrogens with one attached hydrogen (secondary N) is 2. The number of amides is 1. The third-order valence-corrected chi connectivity index (χ3v) is 4.06. The molecule has 0 aliphatic carbocycles. The predicted octanol–water partition coefficient (Wildman–Crippen LogP) is 3.64. The minimum absolute atomic E-state index is 0.0344. The molecule has 0 saturated carbocycles. The summed E-state index contributed by atoms with van der Waals surface area (Å²) < 4.78 is 5.90. The van der Waals surface area contributed by atoms with E-state index >= 15 is 0 Å². The summed E-state index contributed by atoms with van der Waals surface area (Å²) in [6.45, 7) is 3.71. The van der Waals surface area contributed by atoms with Crippen LogP contribution in [0.2, 0.25) is 5.02 Å². The Kier molecular flexibility index (Phi) is 4.96. The van der Waals surface area contributed by atoms with Gasteiger partial charge in [-0.3, -0.25) is 4.79 Å². The Balaban J connectivity index is 1.66. The summed E-state index contributed by atoms with van der Waals surface area (Å²) >= 11 is 5.84. The Morgan fingerprint density at radius 3 is 2.48 bits per heavy atom. The van der Waals surface area contributed by atoms with Crippen LogP contribution in [0.1, 0.15) is 28.9 Å². The molecular weight excluding hydrogens is 312 g/mol. The van der Waals surface area contributed by atoms with Gasteiger partial charge < -0.3 is 15.4 Å². The van der Waals surface area contributed by atoms with Crippen LogP contribution in [-0.4, -0.2) is 25.1 Å². The zero-order chi connectivity index (χ0) is 16.2. The van der Waals surface area contributed by atoms with E-state index in [0.29, 0.717) is 10.6 Å². The van der Waals surface area contributed by atoms with Gasteiger partial charge in [0.25, 0.3) is 5.91 Å². The summed E-state index contributed by atoms with van der Waals surface area (Å²) in [5.74, 6) is -0.144. The van der Waals surface area contributed by atoms with Crippen LogP contribution in [-0.2, 0) is 4.74 Å². The Labute approximate surface area is 140 Å². The van der Waals surface area contributed by atoms with E-state index in [1.54, 1.807) is 24.3 Å². The molecule has 23 heavy (non-hydrogen) atoms. The Hall–Kier alpha value is -1.88. The van der Waals surface area contributed by atoms with Gasteiger partial charge >= 0.3 is 0 Å². The Morgan fingerprint density at radius 1 is 1.13 bits per heavy atom. The number of carbonyl (C=O) groups excluding carboxylic acids is 1. The summed E-state index contributed by atoms with van der Waals surface area (Å²) in [5.41, 5.74) is 2.41. The molecule has 1 amide bonds. The minimum Gasteiger partial charge on any atom is -0.368 e. The SMILES string of the molecule is C[C@@H]1CNC[C@H](c2ccc(C(=O)Nc3ccc(Cl)cc3)cc2)O1. The maximum atomic E-state index is 12.3. The molecule has 0 bridgehead atoms. The molecule has 5 heteroatoms. The second-order valence-corrected chi connectivity index (χ2v) is 6.11. The highest BCUT2D eigenvalue weighted by Crippen LogP contribution is 2.22. The van der Waals surface area contributed by atoms with Crippen LogP contribution in [0.5, 0.6) is 0 Å². The third-order valence-electron chi connectivity index (χ3n) is 3.80. The first-order chi connectivity index (χ1) is 11.1. The molecule has 1 aliphatic rings. The third kappa shape index (κ3) is 4.10. The van der Waals surface area contributed by atoms with Crippen molar-refractivity contribution in [3.63, 3.8) is 0 Å². The highest BCUT2D eigenvalue weighted by molar-refractivity contribution is 6.30. The van der Waals surface area contributed by atoms with Gasteiger partial charge in [0, 0.05) is 29.4 Å². The van der Waals surface area contributed by atoms with Crippen molar-refractivity contribution in [3.05, 3.63) is 64.7 Å². The van der Waals surface area contributed by atoms with Crippen molar-refractivity contribution in [1.29, 1.82) is 0 Å². The molecule has 0 unspecified atom stereocenters. The molecule has 0 radical (unpaired) electrons. The molecule has 1 saturated heterocycles. The highest BCUT2D eigenvalue weighted by atomic mass is 35.5. The number of carbonyl (C=O) groups is 1. The zero-order valence-corrected chi connectivity index (χ0v) is 13.6. The zero-order valence-electron chi connectivity index (χ0n) is 12.9. The molecule has 1 aliphatic heterocycles. The predicted molar refractivity (Wildman–Crippen MR) is 92.0 cm³/mol. The normalized spacial score (nSPS) is 21.0. The lowest BCUT2D eigenvalue weighted by atomic mass is 10.0. The molecule has 0 spiro atoms. The van der Waals surface area contributed by atoms with E-state index in [-0.39, 0.29) is 18.1 Å². The van der Waals surface area contributed by atoms with Crippen LogP contribution in [0.3, 0.4) is 0 Å². The fourth-order valence-corrected chi connectivity index (χ4v) is 2.70. The van der Waals surface area contributed by atoms with Crippen LogP contribution in [0.4, 0.5) is 5.69 Å². The van der Waals surface area contributed by atoms with E-state index in [4.69, 9.17) is 16.3 Å². The van der Waals surface area contributed by atoms with E-state index in [9.17, 15) is 4.79 Å². The van der Waals surface area contributed by atoms with Crippen molar-refractivity contribution in [1.82, 2.24) is 5.32 Å². The lowest BCUT2D eigenvalue weighted by Crippen LogP contribution is -2.38. The lowest BCUT2D eigenvalue weighted by molar-refractivity contribution is -0.0287. The summed E-state index contributed by atoms with van der Waals surface area (Å²) in [6, 6.07) is 14.6. The smallest absolute Gasteiger partial charge is 0.255 e. The molecule has 1 heterocycles. The highest BCUT2D eigenvalue weighted by Gasteiger charge is 2.20. The number of rotatable bonds is 3. The maximum absolute atomic E-state index is 12.3. The molecule has 120 valence electrons. The average molecular weight is 331 g/mol. The summed E-state index contributed by atoms with van der Waals surface area (Å²) in [7, 11) is 0. The monoisotopic (exact) mass is 330 g/mol. The van der Waals surface area contributed by atoms with Gasteiger partial charge in [0.15, 0.2) is 0 Å². The van der Waals surface area contributed by atoms with Crippen molar-refractivity contribution < 1.29 is 9.53 Å². The van der Waals surface area contributed by atoms with E-state index in [2.05, 4.69) is 10.6 Å². The molecular formula is C18H19ClN2O2. The van der Waals surface area contributed by atoms with Crippen molar-refractivity contribution in [3.8, 4) is 0 Å². The van der Waals surface area contributed by atoms with Gasteiger partial charge in [-0.25, -0.2) is 0 Å². The number of morpholine rings is 1. The van der Waals surface area contributed by atoms with E-state index in [0.717, 1.165) is 24.3 Å². The molecule has 2 atom stereocenters. The topological polar surface area (TPSA) is 50.4 Å². The Bertz CT molecular complexity index is 670. The molecule has 4 nitrogen and oxygen atoms in total. The number of hydrogen-bond acceptors (Lipinski definition) is 3. The number of benzene rings is 2. The molecule has 3 rings (SSSR count). The minimum atomic E-state index is -0.144.